The first-order valence-electron chi connectivity index (χ1n) is 7.42. The minimum Gasteiger partial charge on any atom is -0.346 e. The lowest BCUT2D eigenvalue weighted by molar-refractivity contribution is -0.125. The lowest BCUT2D eigenvalue weighted by Crippen LogP contribution is -2.46. The highest BCUT2D eigenvalue weighted by atomic mass is 16.2. The fraction of sp³-hybridized carbons (Fsp3) is 0.500. The van der Waals surface area contributed by atoms with E-state index in [1.807, 2.05) is 26.0 Å². The van der Waals surface area contributed by atoms with Gasteiger partial charge in [0.2, 0.25) is 11.8 Å². The van der Waals surface area contributed by atoms with Gasteiger partial charge in [0.15, 0.2) is 0 Å². The van der Waals surface area contributed by atoms with Crippen molar-refractivity contribution in [3.05, 3.63) is 29.3 Å². The van der Waals surface area contributed by atoms with Gasteiger partial charge in [-0.25, -0.2) is 0 Å². The predicted molar refractivity (Wildman–Crippen MR) is 82.9 cm³/mol. The molecule has 0 saturated heterocycles. The Kier molecular flexibility index (Phi) is 4.96. The van der Waals surface area contributed by atoms with Crippen molar-refractivity contribution in [2.24, 2.45) is 11.7 Å². The van der Waals surface area contributed by atoms with Gasteiger partial charge in [-0.05, 0) is 48.4 Å². The number of carbonyl (C=O) groups is 2. The van der Waals surface area contributed by atoms with Gasteiger partial charge in [0, 0.05) is 5.69 Å². The number of amides is 2. The van der Waals surface area contributed by atoms with Crippen molar-refractivity contribution < 1.29 is 9.59 Å². The first-order valence-corrected chi connectivity index (χ1v) is 7.42. The molecule has 0 bridgehead atoms. The zero-order chi connectivity index (χ0) is 15.4. The monoisotopic (exact) mass is 289 g/mol. The van der Waals surface area contributed by atoms with Gasteiger partial charge in [-0.2, -0.15) is 0 Å². The summed E-state index contributed by atoms with van der Waals surface area (Å²) in [5.74, 6) is -0.490. The highest BCUT2D eigenvalue weighted by molar-refractivity contribution is 5.95. The van der Waals surface area contributed by atoms with Crippen LogP contribution in [-0.2, 0) is 22.4 Å². The van der Waals surface area contributed by atoms with Crippen LogP contribution in [0.3, 0.4) is 0 Å². The lowest BCUT2D eigenvalue weighted by atomic mass is 10.1. The van der Waals surface area contributed by atoms with Crippen LogP contribution in [0.25, 0.3) is 0 Å². The molecule has 1 aliphatic carbocycles. The van der Waals surface area contributed by atoms with E-state index in [9.17, 15) is 9.59 Å². The molecule has 1 atom stereocenters. The molecule has 0 saturated carbocycles. The van der Waals surface area contributed by atoms with Crippen LogP contribution in [0.15, 0.2) is 18.2 Å². The zero-order valence-corrected chi connectivity index (χ0v) is 12.6. The van der Waals surface area contributed by atoms with Crippen LogP contribution in [0.2, 0.25) is 0 Å². The van der Waals surface area contributed by atoms with Crippen LogP contribution in [0, 0.1) is 5.92 Å². The molecule has 0 aliphatic heterocycles. The summed E-state index contributed by atoms with van der Waals surface area (Å²) in [4.78, 5) is 23.5. The third-order valence-electron chi connectivity index (χ3n) is 3.83. The molecule has 4 N–H and O–H groups in total. The molecule has 21 heavy (non-hydrogen) atoms. The zero-order valence-electron chi connectivity index (χ0n) is 12.6. The summed E-state index contributed by atoms with van der Waals surface area (Å²) in [6.07, 6.45) is 3.36. The number of rotatable bonds is 5. The molecule has 0 radical (unpaired) electrons. The number of carbonyl (C=O) groups excluding carboxylic acids is 2. The molecule has 1 aliphatic rings. The standard InChI is InChI=1S/C16H23N3O2/c1-10(2)15(17)16(21)18-9-14(20)19-13-7-6-11-4-3-5-12(11)8-13/h6-8,10,15H,3-5,9,17H2,1-2H3,(H,18,21)(H,19,20)/t15-/m0/s1. The molecule has 0 unspecified atom stereocenters. The Morgan fingerprint density at radius 2 is 1.95 bits per heavy atom. The maximum atomic E-state index is 11.8. The number of nitrogens with one attached hydrogen (secondary N) is 2. The number of nitrogens with two attached hydrogens (primary N) is 1. The Balaban J connectivity index is 1.83. The second-order valence-electron chi connectivity index (χ2n) is 5.87. The minimum absolute atomic E-state index is 0.0461. The molecule has 2 rings (SSSR count). The van der Waals surface area contributed by atoms with E-state index in [0.29, 0.717) is 0 Å². The van der Waals surface area contributed by atoms with Gasteiger partial charge in [-0.1, -0.05) is 19.9 Å². The van der Waals surface area contributed by atoms with Gasteiger partial charge in [0.1, 0.15) is 0 Å². The van der Waals surface area contributed by atoms with Gasteiger partial charge in [-0.15, -0.1) is 0 Å². The molecule has 2 amide bonds. The first-order chi connectivity index (χ1) is 9.97. The van der Waals surface area contributed by atoms with Gasteiger partial charge in [0.25, 0.3) is 0 Å². The molecule has 0 aromatic heterocycles. The fourth-order valence-electron chi connectivity index (χ4n) is 2.44. The van der Waals surface area contributed by atoms with Crippen molar-refractivity contribution >= 4 is 17.5 Å². The number of fused-ring (bicyclic) bond motifs is 1. The largest absolute Gasteiger partial charge is 0.346 e. The van der Waals surface area contributed by atoms with E-state index in [-0.39, 0.29) is 24.3 Å². The number of aryl methyl sites for hydroxylation is 2. The van der Waals surface area contributed by atoms with E-state index in [4.69, 9.17) is 5.73 Å². The predicted octanol–water partition coefficient (Wildman–Crippen LogP) is 1.21. The molecule has 0 fully saturated rings. The highest BCUT2D eigenvalue weighted by Crippen LogP contribution is 2.24. The summed E-state index contributed by atoms with van der Waals surface area (Å²) in [5, 5.41) is 5.36. The smallest absolute Gasteiger partial charge is 0.243 e. The Morgan fingerprint density at radius 3 is 2.67 bits per heavy atom. The van der Waals surface area contributed by atoms with Crippen LogP contribution in [0.4, 0.5) is 5.69 Å². The third-order valence-corrected chi connectivity index (χ3v) is 3.83. The first kappa shape index (κ1) is 15.5. The maximum Gasteiger partial charge on any atom is 0.243 e. The maximum absolute atomic E-state index is 11.8. The van der Waals surface area contributed by atoms with Crippen molar-refractivity contribution in [3.8, 4) is 0 Å². The number of hydrogen-bond acceptors (Lipinski definition) is 3. The molecule has 1 aromatic carbocycles. The molecule has 5 heteroatoms. The van der Waals surface area contributed by atoms with E-state index in [1.165, 1.54) is 17.5 Å². The Labute approximate surface area is 125 Å². The quantitative estimate of drug-likeness (QED) is 0.762. The average molecular weight is 289 g/mol. The number of benzene rings is 1. The highest BCUT2D eigenvalue weighted by Gasteiger charge is 2.18. The van der Waals surface area contributed by atoms with E-state index in [2.05, 4.69) is 16.7 Å². The Hall–Kier alpha value is -1.88. The van der Waals surface area contributed by atoms with Crippen LogP contribution in [0.1, 0.15) is 31.4 Å². The van der Waals surface area contributed by atoms with E-state index < -0.39 is 6.04 Å². The molecule has 5 nitrogen and oxygen atoms in total. The van der Waals surface area contributed by atoms with E-state index >= 15 is 0 Å². The van der Waals surface area contributed by atoms with Gasteiger partial charge >= 0.3 is 0 Å². The summed E-state index contributed by atoms with van der Waals surface area (Å²) in [5.41, 5.74) is 9.17. The van der Waals surface area contributed by atoms with Crippen molar-refractivity contribution in [2.75, 3.05) is 11.9 Å². The van der Waals surface area contributed by atoms with Crippen LogP contribution >= 0.6 is 0 Å². The molecule has 0 heterocycles. The normalized spacial score (nSPS) is 14.7. The van der Waals surface area contributed by atoms with Crippen molar-refractivity contribution in [3.63, 3.8) is 0 Å². The molecule has 0 spiro atoms. The van der Waals surface area contributed by atoms with Crippen LogP contribution in [-0.4, -0.2) is 24.4 Å². The SMILES string of the molecule is CC(C)[C@H](N)C(=O)NCC(=O)Nc1ccc2c(c1)CCC2. The number of hydrogen-bond donors (Lipinski definition) is 3. The van der Waals surface area contributed by atoms with Gasteiger partial charge in [0.05, 0.1) is 12.6 Å². The average Bonchev–Trinajstić information content (AvgIpc) is 2.91. The van der Waals surface area contributed by atoms with Gasteiger partial charge in [-0.3, -0.25) is 9.59 Å². The molecular weight excluding hydrogens is 266 g/mol. The summed E-state index contributed by atoms with van der Waals surface area (Å²) in [6, 6.07) is 5.40. The Morgan fingerprint density at radius 1 is 1.24 bits per heavy atom. The second kappa shape index (κ2) is 6.72. The summed E-state index contributed by atoms with van der Waals surface area (Å²) in [6.45, 7) is 3.68. The van der Waals surface area contributed by atoms with E-state index in [0.717, 1.165) is 18.5 Å². The summed E-state index contributed by atoms with van der Waals surface area (Å²) < 4.78 is 0. The van der Waals surface area contributed by atoms with Crippen LogP contribution in [0.5, 0.6) is 0 Å². The Bertz CT molecular complexity index is 540. The molecule has 1 aromatic rings. The summed E-state index contributed by atoms with van der Waals surface area (Å²) in [7, 11) is 0. The fourth-order valence-corrected chi connectivity index (χ4v) is 2.44. The molecule has 114 valence electrons. The third kappa shape index (κ3) is 4.04. The molecular formula is C16H23N3O2. The lowest BCUT2D eigenvalue weighted by Gasteiger charge is -2.15. The number of anilines is 1. The second-order valence-corrected chi connectivity index (χ2v) is 5.87. The van der Waals surface area contributed by atoms with Gasteiger partial charge < -0.3 is 16.4 Å². The summed E-state index contributed by atoms with van der Waals surface area (Å²) >= 11 is 0. The minimum atomic E-state index is -0.585. The van der Waals surface area contributed by atoms with Crippen molar-refractivity contribution in [1.82, 2.24) is 5.32 Å². The van der Waals surface area contributed by atoms with Crippen molar-refractivity contribution in [2.45, 2.75) is 39.2 Å². The van der Waals surface area contributed by atoms with E-state index in [1.54, 1.807) is 0 Å². The van der Waals surface area contributed by atoms with Crippen LogP contribution < -0.4 is 16.4 Å². The van der Waals surface area contributed by atoms with Crippen molar-refractivity contribution in [1.29, 1.82) is 0 Å². The topological polar surface area (TPSA) is 84.2 Å².